The number of amides is 11. The van der Waals surface area contributed by atoms with Gasteiger partial charge < -0.3 is 168 Å². The highest BCUT2D eigenvalue weighted by Crippen LogP contribution is 2.37. The molecule has 6 aliphatic rings. The Kier molecular flexibility index (Phi) is 38.5. The number of hydrogen-bond acceptors (Lipinski definition) is 33. The van der Waals surface area contributed by atoms with Crippen LogP contribution in [0.2, 0.25) is 0 Å². The maximum absolute atomic E-state index is 14.6. The van der Waals surface area contributed by atoms with Crippen molar-refractivity contribution in [2.24, 2.45) is 5.73 Å². The summed E-state index contributed by atoms with van der Waals surface area (Å²) < 4.78 is 55.8. The Morgan fingerprint density at radius 3 is 1.39 bits per heavy atom. The molecule has 0 spiro atoms. The zero-order chi connectivity index (χ0) is 87.7. The minimum absolute atomic E-state index is 0.302. The van der Waals surface area contributed by atoms with Crippen LogP contribution in [0.1, 0.15) is 120 Å². The minimum atomic E-state index is -2.23. The fraction of sp³-hybridized carbons (Fsp3) is 0.735. The number of nitrogens with two attached hydrogens (primary N) is 1. The van der Waals surface area contributed by atoms with Crippen molar-refractivity contribution in [1.29, 1.82) is 0 Å². The Morgan fingerprint density at radius 2 is 0.923 bits per heavy atom. The van der Waals surface area contributed by atoms with Crippen LogP contribution in [0.3, 0.4) is 0 Å². The van der Waals surface area contributed by atoms with Gasteiger partial charge in [-0.05, 0) is 79.1 Å². The van der Waals surface area contributed by atoms with Gasteiger partial charge in [-0.1, -0.05) is 0 Å². The molecule has 5 saturated heterocycles. The highest BCUT2D eigenvalue weighted by Gasteiger charge is 2.57. The molecule has 49 nitrogen and oxygen atoms in total. The molecule has 28 atom stereocenters. The summed E-state index contributed by atoms with van der Waals surface area (Å²) in [5.41, 5.74) is 5.36. The summed E-state index contributed by atoms with van der Waals surface area (Å²) in [7, 11) is 0. The molecule has 0 aliphatic carbocycles. The second-order valence-electron chi connectivity index (χ2n) is 28.3. The number of carbonyl (C=O) groups excluding carboxylic acids is 11. The van der Waals surface area contributed by atoms with Crippen molar-refractivity contribution in [3.05, 3.63) is 12.0 Å². The normalized spacial score (nSPS) is 34.8. The van der Waals surface area contributed by atoms with Crippen molar-refractivity contribution in [1.82, 2.24) is 58.5 Å². The third kappa shape index (κ3) is 28.6. The Hall–Kier alpha value is -9.58. The second-order valence-corrected chi connectivity index (χ2v) is 28.3. The van der Waals surface area contributed by atoms with Crippen LogP contribution in [0, 0.1) is 0 Å². The molecule has 28 unspecified atom stereocenters. The molecule has 4 bridgehead atoms. The van der Waals surface area contributed by atoms with Gasteiger partial charge in [-0.25, -0.2) is 9.59 Å². The molecule has 6 aliphatic heterocycles. The highest BCUT2D eigenvalue weighted by atomic mass is 16.8. The van der Waals surface area contributed by atoms with E-state index in [4.69, 9.17) is 48.4 Å². The molecular weight excluding hydrogens is 1580 g/mol. The lowest BCUT2D eigenvalue weighted by molar-refractivity contribution is -0.361. The minimum Gasteiger partial charge on any atom is -0.491 e. The number of ether oxygens (including phenoxy) is 9. The summed E-state index contributed by atoms with van der Waals surface area (Å²) >= 11 is 0. The van der Waals surface area contributed by atoms with Crippen molar-refractivity contribution in [3.63, 3.8) is 0 Å². The van der Waals surface area contributed by atoms with Gasteiger partial charge in [0.1, 0.15) is 158 Å². The number of hydrogen-bond donors (Lipinski definition) is 24. The number of aliphatic hydroxyl groups is 7. The number of nitrogens with one attached hydrogen (secondary N) is 11. The molecule has 49 heteroatoms. The average molecular weight is 1680 g/mol. The second kappa shape index (κ2) is 46.0. The number of carboxylic acid groups (broad SMARTS) is 5. The number of fused-ring (bicyclic) bond motifs is 29. The van der Waals surface area contributed by atoms with Crippen LogP contribution in [0.5, 0.6) is 0 Å². The predicted molar refractivity (Wildman–Crippen MR) is 382 cm³/mol. The third-order valence-electron chi connectivity index (χ3n) is 19.1. The Balaban J connectivity index is 1.69. The average Bonchev–Trinajstić information content (AvgIpc) is 0.763. The Bertz CT molecular complexity index is 3540. The fourth-order valence-electron chi connectivity index (χ4n) is 12.9. The maximum atomic E-state index is 14.6. The van der Waals surface area contributed by atoms with E-state index in [1.54, 1.807) is 0 Å². The standard InChI is InChI=1S/C68H106N12O37/c1-24-57(97)77-35(16-18-44(91)92)62(102)80-37(65(107)108)14-10-13-36(64(105)106)79-60(100)33(12-9-11-32(69)63(103)104)78-61(101)34(15-17-43(89)90)76-56(96)25(2)71-59(99)27(4)111-55-47(75-31(8)88)68(114-42(22-84)54(55)117-66-45(73-29(6)86)49(94)48(93)39(19-81)112-66)115-52-41(21-83)113-67(46(50(52)95)74-30(7)87)116-53-40(20-82)109-23-38(72-28(5)85)51(53)110-26(3)58(98)70-24/h23-27,32-37,39-42,45-55,66-68,81-84,93-95H,9-22,69H2,1-8H3,(H,70,98)(H,71,99)(H,72,85)(H,73,86)(H,74,87)(H,75,88)(H,76,96)(H,77,97)(H,78,101)(H,79,100)(H,80,102)(H,89,90)(H,91,92)(H,103,104)(H,105,106)(H,107,108). The van der Waals surface area contributed by atoms with Gasteiger partial charge in [-0.3, -0.25) is 67.1 Å². The smallest absolute Gasteiger partial charge is 0.326 e. The van der Waals surface area contributed by atoms with E-state index in [-0.39, 0.29) is 18.5 Å². The van der Waals surface area contributed by atoms with E-state index in [0.717, 1.165) is 61.7 Å². The third-order valence-corrected chi connectivity index (χ3v) is 19.1. The topological polar surface area (TPSA) is 757 Å². The van der Waals surface area contributed by atoms with Gasteiger partial charge in [0.05, 0.1) is 32.1 Å². The first-order chi connectivity index (χ1) is 54.9. The lowest BCUT2D eigenvalue weighted by atomic mass is 9.93. The van der Waals surface area contributed by atoms with Gasteiger partial charge in [0.2, 0.25) is 65.0 Å². The van der Waals surface area contributed by atoms with E-state index in [9.17, 15) is 138 Å². The number of aliphatic hydroxyl groups excluding tert-OH is 7. The summed E-state index contributed by atoms with van der Waals surface area (Å²) in [6.07, 6.45) is -38.4. The van der Waals surface area contributed by atoms with Crippen LogP contribution in [0.25, 0.3) is 0 Å². The number of carboxylic acids is 5. The van der Waals surface area contributed by atoms with Gasteiger partial charge in [-0.2, -0.15) is 0 Å². The van der Waals surface area contributed by atoms with Gasteiger partial charge in [0, 0.05) is 40.5 Å². The van der Waals surface area contributed by atoms with E-state index in [1.165, 1.54) is 0 Å². The van der Waals surface area contributed by atoms with E-state index in [0.29, 0.717) is 0 Å². The maximum Gasteiger partial charge on any atom is 0.326 e. The number of rotatable bonds is 23. The van der Waals surface area contributed by atoms with Crippen molar-refractivity contribution in [2.45, 2.75) is 290 Å². The van der Waals surface area contributed by atoms with Gasteiger partial charge in [-0.15, -0.1) is 0 Å². The molecule has 0 aromatic rings. The molecule has 11 amide bonds. The van der Waals surface area contributed by atoms with E-state index in [1.807, 2.05) is 0 Å². The van der Waals surface area contributed by atoms with Gasteiger partial charge >= 0.3 is 29.8 Å². The Labute approximate surface area is 666 Å². The molecule has 25 N–H and O–H groups in total. The fourth-order valence-corrected chi connectivity index (χ4v) is 12.9. The summed E-state index contributed by atoms with van der Waals surface area (Å²) in [5.74, 6) is -20.5. The molecular formula is C68H106N12O37. The summed E-state index contributed by atoms with van der Waals surface area (Å²) in [6, 6.07) is -20.3. The predicted octanol–water partition coefficient (Wildman–Crippen LogP) is -11.1. The molecule has 0 aromatic heterocycles. The quantitative estimate of drug-likeness (QED) is 0.0422. The van der Waals surface area contributed by atoms with Gasteiger partial charge in [0.25, 0.3) is 0 Å². The van der Waals surface area contributed by atoms with Crippen LogP contribution in [-0.4, -0.2) is 353 Å². The van der Waals surface area contributed by atoms with Crippen LogP contribution in [-0.2, 0) is 119 Å². The van der Waals surface area contributed by atoms with E-state index in [2.05, 4.69) is 58.5 Å². The zero-order valence-corrected chi connectivity index (χ0v) is 64.8. The van der Waals surface area contributed by atoms with E-state index < -0.39 is 343 Å². The number of aliphatic carboxylic acids is 5. The molecule has 6 rings (SSSR count). The number of carbonyl (C=O) groups is 16. The van der Waals surface area contributed by atoms with Crippen LogP contribution in [0.15, 0.2) is 12.0 Å². The SMILES string of the molecule is CC(=O)NC1=COC(CO)C2OC3OC(CO)C(OC4OC(CO)C(OC5OC(CO)C(O)C(O)C5NC(C)=O)C(OC(C)C(=O)NC(C)C(=O)NC(CCC(=O)O)C(=O)NC(CCCC(N)C(=O)O)C(=O)NC(C(=O)O)CCCC(C(=O)O)NC(=O)C(CCC(=O)O)NC(=O)C(C)NC(=O)C(C)OC12)C4NC(C)=O)C(O)C3NC(C)=O. The first-order valence-electron chi connectivity index (χ1n) is 37.1. The largest absolute Gasteiger partial charge is 0.491 e. The molecule has 0 aromatic carbocycles. The molecule has 0 radical (unpaired) electrons. The lowest BCUT2D eigenvalue weighted by Crippen LogP contribution is -2.72. The lowest BCUT2D eigenvalue weighted by Gasteiger charge is -2.51. The van der Waals surface area contributed by atoms with Crippen molar-refractivity contribution < 1.29 is 181 Å². The molecule has 0 saturated carbocycles. The molecule has 5 fully saturated rings. The first-order valence-corrected chi connectivity index (χ1v) is 37.1. The van der Waals surface area contributed by atoms with Crippen molar-refractivity contribution in [3.8, 4) is 0 Å². The van der Waals surface area contributed by atoms with Crippen molar-refractivity contribution in [2.75, 3.05) is 26.4 Å². The summed E-state index contributed by atoms with van der Waals surface area (Å²) in [4.78, 5) is 213. The van der Waals surface area contributed by atoms with E-state index >= 15 is 0 Å². The summed E-state index contributed by atoms with van der Waals surface area (Å²) in [6.45, 7) is 3.81. The Morgan fingerprint density at radius 1 is 0.479 bits per heavy atom. The van der Waals surface area contributed by atoms with Gasteiger partial charge in [0.15, 0.2) is 18.9 Å². The highest BCUT2D eigenvalue weighted by molar-refractivity contribution is 5.96. The summed E-state index contributed by atoms with van der Waals surface area (Å²) in [5, 5.41) is 153. The first kappa shape index (κ1) is 98.0. The zero-order valence-electron chi connectivity index (χ0n) is 64.8. The van der Waals surface area contributed by atoms with Crippen LogP contribution in [0.4, 0.5) is 0 Å². The van der Waals surface area contributed by atoms with Crippen LogP contribution >= 0.6 is 0 Å². The van der Waals surface area contributed by atoms with Crippen LogP contribution < -0.4 is 64.2 Å². The molecule has 660 valence electrons. The van der Waals surface area contributed by atoms with Crippen molar-refractivity contribution >= 4 is 94.8 Å². The molecule has 6 heterocycles. The molecule has 117 heavy (non-hydrogen) atoms. The monoisotopic (exact) mass is 1680 g/mol.